The Bertz CT molecular complexity index is 896. The highest BCUT2D eigenvalue weighted by Gasteiger charge is 2.27. The van der Waals surface area contributed by atoms with E-state index >= 15 is 0 Å². The Kier molecular flexibility index (Phi) is 9.94. The van der Waals surface area contributed by atoms with Gasteiger partial charge in [-0.1, -0.05) is 36.2 Å². The van der Waals surface area contributed by atoms with Gasteiger partial charge in [-0.25, -0.2) is 0 Å². The summed E-state index contributed by atoms with van der Waals surface area (Å²) in [6.07, 6.45) is 0.781. The number of benzene rings is 2. The number of halogens is 2. The third kappa shape index (κ3) is 6.93. The van der Waals surface area contributed by atoms with E-state index in [0.29, 0.717) is 39.4 Å². The molecule has 2 rings (SSSR count). The molecule has 0 saturated carbocycles. The van der Waals surface area contributed by atoms with Crippen LogP contribution in [0.1, 0.15) is 25.8 Å². The number of nitrogens with zero attached hydrogens (tertiary/aromatic N) is 1. The number of hydrogen-bond donors (Lipinski definition) is 1. The highest BCUT2D eigenvalue weighted by Crippen LogP contribution is 2.28. The maximum absolute atomic E-state index is 13.1. The molecular weight excluding hydrogens is 455 g/mol. The van der Waals surface area contributed by atoms with Gasteiger partial charge < -0.3 is 24.4 Å². The monoisotopic (exact) mass is 482 g/mol. The zero-order chi connectivity index (χ0) is 23.7. The molecule has 0 saturated heterocycles. The van der Waals surface area contributed by atoms with Crippen LogP contribution in [0.25, 0.3) is 0 Å². The van der Waals surface area contributed by atoms with E-state index in [9.17, 15) is 9.59 Å². The van der Waals surface area contributed by atoms with Gasteiger partial charge in [-0.2, -0.15) is 0 Å². The van der Waals surface area contributed by atoms with Gasteiger partial charge in [0.05, 0.1) is 14.2 Å². The van der Waals surface area contributed by atoms with Gasteiger partial charge in [0.1, 0.15) is 23.3 Å². The minimum Gasteiger partial charge on any atom is -0.496 e. The number of rotatable bonds is 11. The molecule has 2 amide bonds. The average molecular weight is 483 g/mol. The second kappa shape index (κ2) is 12.4. The summed E-state index contributed by atoms with van der Waals surface area (Å²) in [5.74, 6) is 0.777. The van der Waals surface area contributed by atoms with Crippen LogP contribution in [0.4, 0.5) is 0 Å². The first kappa shape index (κ1) is 25.6. The SMILES string of the molecule is CCCNC(=O)C(C)N(Cc1c(Cl)cccc1Cl)C(=O)COc1cc(OC)cc(OC)c1. The quantitative estimate of drug-likeness (QED) is 0.515. The Morgan fingerprint density at radius 1 is 1.03 bits per heavy atom. The van der Waals surface area contributed by atoms with E-state index < -0.39 is 11.9 Å². The third-order valence-corrected chi connectivity index (χ3v) is 5.50. The number of hydrogen-bond acceptors (Lipinski definition) is 5. The van der Waals surface area contributed by atoms with Crippen LogP contribution < -0.4 is 19.5 Å². The first-order valence-electron chi connectivity index (χ1n) is 10.2. The first-order chi connectivity index (χ1) is 15.3. The van der Waals surface area contributed by atoms with Crippen molar-refractivity contribution in [3.05, 3.63) is 52.0 Å². The fourth-order valence-corrected chi connectivity index (χ4v) is 3.44. The summed E-state index contributed by atoms with van der Waals surface area (Å²) in [5.41, 5.74) is 0.558. The molecule has 0 radical (unpaired) electrons. The average Bonchev–Trinajstić information content (AvgIpc) is 2.80. The molecule has 2 aromatic carbocycles. The van der Waals surface area contributed by atoms with Crippen molar-refractivity contribution in [2.24, 2.45) is 0 Å². The Morgan fingerprint density at radius 3 is 2.12 bits per heavy atom. The van der Waals surface area contributed by atoms with Crippen LogP contribution in [0.15, 0.2) is 36.4 Å². The Hall–Kier alpha value is -2.64. The van der Waals surface area contributed by atoms with Crippen LogP contribution >= 0.6 is 23.2 Å². The molecule has 0 aliphatic heterocycles. The van der Waals surface area contributed by atoms with Crippen molar-refractivity contribution in [3.63, 3.8) is 0 Å². The molecule has 9 heteroatoms. The molecule has 1 unspecified atom stereocenters. The van der Waals surface area contributed by atoms with Gasteiger partial charge in [0.25, 0.3) is 5.91 Å². The van der Waals surface area contributed by atoms with Gasteiger partial charge in [-0.3, -0.25) is 9.59 Å². The lowest BCUT2D eigenvalue weighted by atomic mass is 10.1. The molecule has 7 nitrogen and oxygen atoms in total. The van der Waals surface area contributed by atoms with E-state index in [0.717, 1.165) is 6.42 Å². The van der Waals surface area contributed by atoms with Crippen molar-refractivity contribution in [1.29, 1.82) is 0 Å². The molecule has 32 heavy (non-hydrogen) atoms. The smallest absolute Gasteiger partial charge is 0.261 e. The molecule has 0 spiro atoms. The molecule has 0 aliphatic rings. The summed E-state index contributed by atoms with van der Waals surface area (Å²) >= 11 is 12.6. The van der Waals surface area contributed by atoms with E-state index in [4.69, 9.17) is 37.4 Å². The number of ether oxygens (including phenoxy) is 3. The predicted molar refractivity (Wildman–Crippen MR) is 125 cm³/mol. The lowest BCUT2D eigenvalue weighted by molar-refractivity contribution is -0.142. The predicted octanol–water partition coefficient (Wildman–Crippen LogP) is 4.33. The lowest BCUT2D eigenvalue weighted by Gasteiger charge is -2.29. The van der Waals surface area contributed by atoms with Crippen LogP contribution in [0.3, 0.4) is 0 Å². The molecule has 0 aromatic heterocycles. The van der Waals surface area contributed by atoms with Crippen molar-refractivity contribution in [3.8, 4) is 17.2 Å². The molecule has 0 bridgehead atoms. The maximum atomic E-state index is 13.1. The molecule has 0 aliphatic carbocycles. The van der Waals surface area contributed by atoms with Crippen molar-refractivity contribution in [1.82, 2.24) is 10.2 Å². The Morgan fingerprint density at radius 2 is 1.59 bits per heavy atom. The van der Waals surface area contributed by atoms with E-state index in [2.05, 4.69) is 5.32 Å². The number of methoxy groups -OCH3 is 2. The van der Waals surface area contributed by atoms with Crippen LogP contribution in [-0.2, 0) is 16.1 Å². The van der Waals surface area contributed by atoms with Crippen molar-refractivity contribution < 1.29 is 23.8 Å². The van der Waals surface area contributed by atoms with Crippen molar-refractivity contribution in [2.75, 3.05) is 27.4 Å². The lowest BCUT2D eigenvalue weighted by Crippen LogP contribution is -2.49. The Labute approximate surface area is 198 Å². The summed E-state index contributed by atoms with van der Waals surface area (Å²) in [6.45, 7) is 3.88. The summed E-state index contributed by atoms with van der Waals surface area (Å²) in [7, 11) is 3.05. The summed E-state index contributed by atoms with van der Waals surface area (Å²) in [4.78, 5) is 27.1. The van der Waals surface area contributed by atoms with Gasteiger partial charge in [-0.15, -0.1) is 0 Å². The minimum atomic E-state index is -0.759. The number of carbonyl (C=O) groups is 2. The third-order valence-electron chi connectivity index (χ3n) is 4.79. The van der Waals surface area contributed by atoms with Crippen LogP contribution in [-0.4, -0.2) is 50.1 Å². The van der Waals surface area contributed by atoms with Crippen molar-refractivity contribution >= 4 is 35.0 Å². The van der Waals surface area contributed by atoms with Gasteiger partial charge in [0, 0.05) is 46.9 Å². The zero-order valence-corrected chi connectivity index (χ0v) is 20.1. The first-order valence-corrected chi connectivity index (χ1v) is 10.9. The topological polar surface area (TPSA) is 77.1 Å². The van der Waals surface area contributed by atoms with Gasteiger partial charge in [0.2, 0.25) is 5.91 Å². The van der Waals surface area contributed by atoms with E-state index in [1.165, 1.54) is 19.1 Å². The standard InChI is InChI=1S/C23H28Cl2N2O5/c1-5-9-26-23(29)15(2)27(13-19-20(24)7-6-8-21(19)25)22(28)14-32-18-11-16(30-3)10-17(12-18)31-4/h6-8,10-12,15H,5,9,13-14H2,1-4H3,(H,26,29). The van der Waals surface area contributed by atoms with Gasteiger partial charge in [0.15, 0.2) is 6.61 Å². The van der Waals surface area contributed by atoms with Gasteiger partial charge in [-0.05, 0) is 25.5 Å². The Balaban J connectivity index is 2.24. The highest BCUT2D eigenvalue weighted by molar-refractivity contribution is 6.36. The zero-order valence-electron chi connectivity index (χ0n) is 18.6. The minimum absolute atomic E-state index is 0.0584. The molecule has 0 heterocycles. The normalized spacial score (nSPS) is 11.4. The molecular formula is C23H28Cl2N2O5. The summed E-state index contributed by atoms with van der Waals surface area (Å²) in [6, 6.07) is 9.31. The summed E-state index contributed by atoms with van der Waals surface area (Å²) < 4.78 is 16.1. The molecule has 174 valence electrons. The van der Waals surface area contributed by atoms with Crippen LogP contribution in [0, 0.1) is 0 Å². The van der Waals surface area contributed by atoms with E-state index in [1.807, 2.05) is 6.92 Å². The molecule has 0 fully saturated rings. The largest absolute Gasteiger partial charge is 0.496 e. The van der Waals surface area contributed by atoms with Crippen molar-refractivity contribution in [2.45, 2.75) is 32.9 Å². The number of carbonyl (C=O) groups excluding carboxylic acids is 2. The number of nitrogens with one attached hydrogen (secondary N) is 1. The maximum Gasteiger partial charge on any atom is 0.261 e. The number of amides is 2. The summed E-state index contributed by atoms with van der Waals surface area (Å²) in [5, 5.41) is 3.64. The molecule has 1 atom stereocenters. The fraction of sp³-hybridized carbons (Fsp3) is 0.391. The molecule has 2 aromatic rings. The van der Waals surface area contributed by atoms with Crippen LogP contribution in [0.5, 0.6) is 17.2 Å². The highest BCUT2D eigenvalue weighted by atomic mass is 35.5. The molecule has 1 N–H and O–H groups in total. The fourth-order valence-electron chi connectivity index (χ4n) is 2.92. The van der Waals surface area contributed by atoms with E-state index in [-0.39, 0.29) is 19.1 Å². The second-order valence-electron chi connectivity index (χ2n) is 7.03. The van der Waals surface area contributed by atoms with Gasteiger partial charge >= 0.3 is 0 Å². The van der Waals surface area contributed by atoms with E-state index in [1.54, 1.807) is 43.3 Å². The second-order valence-corrected chi connectivity index (χ2v) is 7.84. The van der Waals surface area contributed by atoms with Crippen LogP contribution in [0.2, 0.25) is 10.0 Å².